The number of aliphatic hydroxyl groups is 1. The average molecular weight is 262 g/mol. The molecule has 1 fully saturated rings. The van der Waals surface area contributed by atoms with Crippen LogP contribution < -0.4 is 11.1 Å². The van der Waals surface area contributed by atoms with Crippen LogP contribution in [0.1, 0.15) is 37.7 Å². The quantitative estimate of drug-likeness (QED) is 0.733. The summed E-state index contributed by atoms with van der Waals surface area (Å²) in [4.78, 5) is 0. The Labute approximate surface area is 116 Å². The van der Waals surface area contributed by atoms with Gasteiger partial charge in [0, 0.05) is 18.6 Å². The molecule has 19 heavy (non-hydrogen) atoms. The van der Waals surface area contributed by atoms with Crippen LogP contribution in [0, 0.1) is 0 Å². The normalized spacial score (nSPS) is 20.1. The monoisotopic (exact) mass is 262 g/mol. The van der Waals surface area contributed by atoms with Gasteiger partial charge in [-0.25, -0.2) is 0 Å². The van der Waals surface area contributed by atoms with Crippen molar-refractivity contribution in [3.05, 3.63) is 35.9 Å². The van der Waals surface area contributed by atoms with E-state index in [9.17, 15) is 5.11 Å². The van der Waals surface area contributed by atoms with Crippen LogP contribution in [0.3, 0.4) is 0 Å². The first-order valence-corrected chi connectivity index (χ1v) is 7.46. The molecule has 1 aliphatic carbocycles. The van der Waals surface area contributed by atoms with Gasteiger partial charge in [0.1, 0.15) is 0 Å². The molecule has 0 aromatic heterocycles. The lowest BCUT2D eigenvalue weighted by Gasteiger charge is -2.26. The molecular formula is C16H26N2O. The fraction of sp³-hybridized carbons (Fsp3) is 0.625. The SMILES string of the molecule is NC(Cc1ccccc1)[C@@H](O)CNC1CCCCC1. The molecule has 3 heteroatoms. The molecule has 1 aromatic rings. The lowest BCUT2D eigenvalue weighted by molar-refractivity contribution is 0.135. The molecular weight excluding hydrogens is 236 g/mol. The molecule has 1 unspecified atom stereocenters. The first kappa shape index (κ1) is 14.5. The summed E-state index contributed by atoms with van der Waals surface area (Å²) in [7, 11) is 0. The fourth-order valence-corrected chi connectivity index (χ4v) is 2.77. The number of rotatable bonds is 6. The van der Waals surface area contributed by atoms with Crippen LogP contribution in [0.15, 0.2) is 30.3 Å². The first-order chi connectivity index (χ1) is 9.25. The van der Waals surface area contributed by atoms with Gasteiger partial charge in [0.15, 0.2) is 0 Å². The third kappa shape index (κ3) is 4.94. The van der Waals surface area contributed by atoms with E-state index >= 15 is 0 Å². The Balaban J connectivity index is 1.71. The lowest BCUT2D eigenvalue weighted by atomic mass is 9.95. The van der Waals surface area contributed by atoms with Crippen LogP contribution in [0.5, 0.6) is 0 Å². The van der Waals surface area contributed by atoms with Gasteiger partial charge >= 0.3 is 0 Å². The van der Waals surface area contributed by atoms with Crippen LogP contribution in [0.4, 0.5) is 0 Å². The van der Waals surface area contributed by atoms with Crippen molar-refractivity contribution in [2.45, 2.75) is 56.7 Å². The molecule has 106 valence electrons. The second kappa shape index (κ2) is 7.63. The van der Waals surface area contributed by atoms with Crippen LogP contribution in [-0.4, -0.2) is 29.8 Å². The molecule has 0 radical (unpaired) electrons. The summed E-state index contributed by atoms with van der Waals surface area (Å²) >= 11 is 0. The Kier molecular flexibility index (Phi) is 5.83. The average Bonchev–Trinajstić information content (AvgIpc) is 2.47. The highest BCUT2D eigenvalue weighted by atomic mass is 16.3. The summed E-state index contributed by atoms with van der Waals surface area (Å²) in [5.74, 6) is 0. The number of hydrogen-bond acceptors (Lipinski definition) is 3. The predicted octanol–water partition coefficient (Wildman–Crippen LogP) is 1.84. The second-order valence-electron chi connectivity index (χ2n) is 5.66. The molecule has 4 N–H and O–H groups in total. The second-order valence-corrected chi connectivity index (χ2v) is 5.66. The minimum atomic E-state index is -0.470. The summed E-state index contributed by atoms with van der Waals surface area (Å²) in [5, 5.41) is 13.6. The Hall–Kier alpha value is -0.900. The maximum atomic E-state index is 10.1. The van der Waals surface area contributed by atoms with E-state index < -0.39 is 6.10 Å². The van der Waals surface area contributed by atoms with E-state index in [4.69, 9.17) is 5.73 Å². The molecule has 0 heterocycles. The highest BCUT2D eigenvalue weighted by Crippen LogP contribution is 2.17. The highest BCUT2D eigenvalue weighted by Gasteiger charge is 2.18. The van der Waals surface area contributed by atoms with Crippen molar-refractivity contribution in [3.8, 4) is 0 Å². The zero-order chi connectivity index (χ0) is 13.5. The van der Waals surface area contributed by atoms with Crippen LogP contribution in [-0.2, 0) is 6.42 Å². The summed E-state index contributed by atoms with van der Waals surface area (Å²) in [6.45, 7) is 0.610. The molecule has 0 amide bonds. The van der Waals surface area contributed by atoms with E-state index in [1.54, 1.807) is 0 Å². The molecule has 2 rings (SSSR count). The molecule has 1 aliphatic rings. The predicted molar refractivity (Wildman–Crippen MR) is 79.0 cm³/mol. The topological polar surface area (TPSA) is 58.3 Å². The van der Waals surface area contributed by atoms with E-state index in [2.05, 4.69) is 17.4 Å². The summed E-state index contributed by atoms with van der Waals surface area (Å²) in [5.41, 5.74) is 7.26. The first-order valence-electron chi connectivity index (χ1n) is 7.46. The zero-order valence-electron chi connectivity index (χ0n) is 11.6. The third-order valence-electron chi connectivity index (χ3n) is 4.03. The maximum Gasteiger partial charge on any atom is 0.0818 e. The third-order valence-corrected chi connectivity index (χ3v) is 4.03. The van der Waals surface area contributed by atoms with Crippen molar-refractivity contribution in [2.75, 3.05) is 6.54 Å². The zero-order valence-corrected chi connectivity index (χ0v) is 11.6. The minimum absolute atomic E-state index is 0.196. The smallest absolute Gasteiger partial charge is 0.0818 e. The number of nitrogens with two attached hydrogens (primary N) is 1. The van der Waals surface area contributed by atoms with Crippen LogP contribution in [0.25, 0.3) is 0 Å². The van der Waals surface area contributed by atoms with Gasteiger partial charge in [-0.15, -0.1) is 0 Å². The number of aliphatic hydroxyl groups excluding tert-OH is 1. The Morgan fingerprint density at radius 3 is 2.53 bits per heavy atom. The molecule has 0 bridgehead atoms. The molecule has 1 saturated carbocycles. The number of hydrogen-bond donors (Lipinski definition) is 3. The van der Waals surface area contributed by atoms with Gasteiger partial charge in [-0.05, 0) is 24.8 Å². The molecule has 0 aliphatic heterocycles. The van der Waals surface area contributed by atoms with E-state index in [1.807, 2.05) is 18.2 Å². The van der Waals surface area contributed by atoms with Crippen molar-refractivity contribution >= 4 is 0 Å². The van der Waals surface area contributed by atoms with Crippen LogP contribution in [0.2, 0.25) is 0 Å². The number of benzene rings is 1. The fourth-order valence-electron chi connectivity index (χ4n) is 2.77. The van der Waals surface area contributed by atoms with Gasteiger partial charge in [0.25, 0.3) is 0 Å². The van der Waals surface area contributed by atoms with Crippen molar-refractivity contribution in [1.29, 1.82) is 0 Å². The summed E-state index contributed by atoms with van der Waals surface area (Å²) in [6, 6.07) is 10.5. The molecule has 1 aromatic carbocycles. The molecule has 0 spiro atoms. The van der Waals surface area contributed by atoms with E-state index in [1.165, 1.54) is 37.7 Å². The molecule has 2 atom stereocenters. The van der Waals surface area contributed by atoms with Gasteiger partial charge in [0.05, 0.1) is 6.10 Å². The van der Waals surface area contributed by atoms with Crippen molar-refractivity contribution in [3.63, 3.8) is 0 Å². The maximum absolute atomic E-state index is 10.1. The summed E-state index contributed by atoms with van der Waals surface area (Å²) < 4.78 is 0. The van der Waals surface area contributed by atoms with Gasteiger partial charge in [-0.1, -0.05) is 49.6 Å². The van der Waals surface area contributed by atoms with E-state index in [-0.39, 0.29) is 6.04 Å². The lowest BCUT2D eigenvalue weighted by Crippen LogP contribution is -2.46. The molecule has 3 nitrogen and oxygen atoms in total. The van der Waals surface area contributed by atoms with E-state index in [0.29, 0.717) is 12.6 Å². The van der Waals surface area contributed by atoms with Gasteiger partial charge < -0.3 is 16.2 Å². The van der Waals surface area contributed by atoms with Gasteiger partial charge in [-0.3, -0.25) is 0 Å². The van der Waals surface area contributed by atoms with Crippen molar-refractivity contribution in [2.24, 2.45) is 5.73 Å². The standard InChI is InChI=1S/C16H26N2O/c17-15(11-13-7-3-1-4-8-13)16(19)12-18-14-9-5-2-6-10-14/h1,3-4,7-8,14-16,18-19H,2,5-6,9-12,17H2/t15?,16-/m0/s1. The van der Waals surface area contributed by atoms with E-state index in [0.717, 1.165) is 6.42 Å². The summed E-state index contributed by atoms with van der Waals surface area (Å²) in [6.07, 6.45) is 6.71. The van der Waals surface area contributed by atoms with Gasteiger partial charge in [0.2, 0.25) is 0 Å². The minimum Gasteiger partial charge on any atom is -0.390 e. The molecule has 0 saturated heterocycles. The Morgan fingerprint density at radius 2 is 1.84 bits per heavy atom. The van der Waals surface area contributed by atoms with Crippen molar-refractivity contribution in [1.82, 2.24) is 5.32 Å². The highest BCUT2D eigenvalue weighted by molar-refractivity contribution is 5.16. The Bertz CT molecular complexity index is 349. The van der Waals surface area contributed by atoms with Crippen molar-refractivity contribution < 1.29 is 5.11 Å². The van der Waals surface area contributed by atoms with Crippen LogP contribution >= 0.6 is 0 Å². The number of nitrogens with one attached hydrogen (secondary N) is 1. The van der Waals surface area contributed by atoms with Gasteiger partial charge in [-0.2, -0.15) is 0 Å². The Morgan fingerprint density at radius 1 is 1.16 bits per heavy atom. The largest absolute Gasteiger partial charge is 0.390 e.